The largest absolute Gasteiger partial charge is 0.416 e. The third-order valence-corrected chi connectivity index (χ3v) is 7.42. The molecule has 0 unspecified atom stereocenters. The van der Waals surface area contributed by atoms with Crippen LogP contribution < -0.4 is 20.9 Å². The zero-order valence-electron chi connectivity index (χ0n) is 23.6. The highest BCUT2D eigenvalue weighted by Crippen LogP contribution is 2.35. The summed E-state index contributed by atoms with van der Waals surface area (Å²) >= 11 is 0. The molecule has 4 N–H and O–H groups in total. The molecule has 0 bridgehead atoms. The van der Waals surface area contributed by atoms with E-state index in [0.29, 0.717) is 36.8 Å². The van der Waals surface area contributed by atoms with Gasteiger partial charge in [-0.1, -0.05) is 12.1 Å². The number of aliphatic imine (C=N–C) groups is 1. The summed E-state index contributed by atoms with van der Waals surface area (Å²) in [6, 6.07) is 9.97. The number of aromatic amines is 1. The molecule has 2 aromatic carbocycles. The van der Waals surface area contributed by atoms with Crippen molar-refractivity contribution in [1.29, 1.82) is 0 Å². The lowest BCUT2D eigenvalue weighted by atomic mass is 10.0. The number of piperazine rings is 1. The number of anilines is 3. The lowest BCUT2D eigenvalue weighted by Gasteiger charge is -2.28. The minimum Gasteiger partial charge on any atom is -0.348 e. The summed E-state index contributed by atoms with van der Waals surface area (Å²) < 4.78 is 41.8. The number of hydrogen-bond donors (Lipinski definition) is 4. The standard InChI is InChI=1S/C29H33F3N8O2/c1-18-4-5-19(14-24(18)37-28(42)39(3)26-22-8-9-34-25(22)38(2)17-35-26)27(41)36-21-7-6-20(23(15-21)29(30,31)32)16-40-12-10-33-11-13-40/h4-9,14-15,33-34H,10-13,16-17H2,1-3H3,(H,36,41)(H,37,42). The summed E-state index contributed by atoms with van der Waals surface area (Å²) in [6.45, 7) is 5.11. The quantitative estimate of drug-likeness (QED) is 0.359. The van der Waals surface area contributed by atoms with Gasteiger partial charge in [-0.25, -0.2) is 9.79 Å². The molecule has 5 rings (SSSR count). The summed E-state index contributed by atoms with van der Waals surface area (Å²) in [7, 11) is 3.49. The van der Waals surface area contributed by atoms with Crippen LogP contribution in [0.3, 0.4) is 0 Å². The van der Waals surface area contributed by atoms with Crippen molar-refractivity contribution in [3.63, 3.8) is 0 Å². The van der Waals surface area contributed by atoms with Crippen LogP contribution in [-0.4, -0.2) is 79.5 Å². The molecule has 1 aromatic heterocycles. The fourth-order valence-electron chi connectivity index (χ4n) is 5.04. The molecule has 42 heavy (non-hydrogen) atoms. The van der Waals surface area contributed by atoms with Gasteiger partial charge in [0.2, 0.25) is 0 Å². The molecule has 3 aromatic rings. The number of amidine groups is 1. The summed E-state index contributed by atoms with van der Waals surface area (Å²) in [5.74, 6) is 0.743. The number of hydrogen-bond acceptors (Lipinski definition) is 6. The third-order valence-electron chi connectivity index (χ3n) is 7.42. The van der Waals surface area contributed by atoms with Gasteiger partial charge in [-0.3, -0.25) is 14.6 Å². The van der Waals surface area contributed by atoms with Gasteiger partial charge in [0.05, 0.1) is 11.1 Å². The number of alkyl halides is 3. The number of nitrogens with zero attached hydrogens (tertiary/aromatic N) is 4. The van der Waals surface area contributed by atoms with Crippen LogP contribution in [0, 0.1) is 6.92 Å². The molecule has 2 aliphatic rings. The van der Waals surface area contributed by atoms with Crippen LogP contribution in [0.5, 0.6) is 0 Å². The Kier molecular flexibility index (Phi) is 8.23. The molecule has 222 valence electrons. The maximum absolute atomic E-state index is 13.9. The van der Waals surface area contributed by atoms with Crippen molar-refractivity contribution < 1.29 is 22.8 Å². The van der Waals surface area contributed by atoms with E-state index in [1.807, 2.05) is 22.9 Å². The maximum Gasteiger partial charge on any atom is 0.416 e. The second-order valence-electron chi connectivity index (χ2n) is 10.4. The van der Waals surface area contributed by atoms with E-state index in [-0.39, 0.29) is 23.4 Å². The number of benzene rings is 2. The van der Waals surface area contributed by atoms with Crippen LogP contribution in [0.15, 0.2) is 53.7 Å². The summed E-state index contributed by atoms with van der Waals surface area (Å²) in [5.41, 5.74) is 1.48. The van der Waals surface area contributed by atoms with Crippen LogP contribution in [0.2, 0.25) is 0 Å². The Balaban J connectivity index is 1.30. The third kappa shape index (κ3) is 6.26. The molecule has 3 heterocycles. The van der Waals surface area contributed by atoms with Gasteiger partial charge in [-0.05, 0) is 48.4 Å². The lowest BCUT2D eigenvalue weighted by molar-refractivity contribution is -0.138. The average Bonchev–Trinajstić information content (AvgIpc) is 3.46. The predicted molar refractivity (Wildman–Crippen MR) is 156 cm³/mol. The fourth-order valence-corrected chi connectivity index (χ4v) is 5.04. The maximum atomic E-state index is 13.9. The Bertz CT molecular complexity index is 1510. The van der Waals surface area contributed by atoms with Crippen LogP contribution in [0.25, 0.3) is 0 Å². The Morgan fingerprint density at radius 1 is 1.07 bits per heavy atom. The average molecular weight is 583 g/mol. The molecule has 10 nitrogen and oxygen atoms in total. The Labute approximate surface area is 241 Å². The van der Waals surface area contributed by atoms with Crippen LogP contribution in [-0.2, 0) is 12.7 Å². The lowest BCUT2D eigenvalue weighted by Crippen LogP contribution is -2.43. The van der Waals surface area contributed by atoms with Gasteiger partial charge in [-0.2, -0.15) is 13.2 Å². The molecule has 0 radical (unpaired) electrons. The molecule has 0 spiro atoms. The molecule has 0 aliphatic carbocycles. The highest BCUT2D eigenvalue weighted by molar-refractivity contribution is 6.13. The SMILES string of the molecule is Cc1ccc(C(=O)Nc2ccc(CN3CCNCC3)c(C(F)(F)F)c2)cc1NC(=O)N(C)C1=NCN(C)c2[nH]ccc21. The molecule has 3 amide bonds. The normalized spacial score (nSPS) is 15.6. The van der Waals surface area contributed by atoms with Crippen LogP contribution in [0.4, 0.5) is 35.2 Å². The van der Waals surface area contributed by atoms with Gasteiger partial charge in [0, 0.05) is 70.0 Å². The second-order valence-corrected chi connectivity index (χ2v) is 10.4. The van der Waals surface area contributed by atoms with Crippen molar-refractivity contribution in [1.82, 2.24) is 20.1 Å². The number of rotatable bonds is 5. The zero-order chi connectivity index (χ0) is 30.0. The number of nitrogens with one attached hydrogen (secondary N) is 4. The predicted octanol–water partition coefficient (Wildman–Crippen LogP) is 4.32. The number of amides is 3. The highest BCUT2D eigenvalue weighted by atomic mass is 19.4. The van der Waals surface area contributed by atoms with E-state index in [1.165, 1.54) is 23.1 Å². The molecule has 1 fully saturated rings. The minimum absolute atomic E-state index is 0.0323. The number of urea groups is 1. The Morgan fingerprint density at radius 3 is 2.57 bits per heavy atom. The fraction of sp³-hybridized carbons (Fsp3) is 0.345. The first-order valence-electron chi connectivity index (χ1n) is 13.5. The van der Waals surface area contributed by atoms with E-state index in [2.05, 4.69) is 25.9 Å². The van der Waals surface area contributed by atoms with Crippen molar-refractivity contribution in [3.05, 3.63) is 76.5 Å². The first-order valence-corrected chi connectivity index (χ1v) is 13.5. The van der Waals surface area contributed by atoms with Gasteiger partial charge in [0.25, 0.3) is 5.91 Å². The van der Waals surface area contributed by atoms with E-state index >= 15 is 0 Å². The zero-order valence-corrected chi connectivity index (χ0v) is 23.6. The molecular weight excluding hydrogens is 549 g/mol. The number of carbonyl (C=O) groups excluding carboxylic acids is 2. The summed E-state index contributed by atoms with van der Waals surface area (Å²) in [4.78, 5) is 39.2. The van der Waals surface area contributed by atoms with E-state index in [4.69, 9.17) is 0 Å². The van der Waals surface area contributed by atoms with Crippen molar-refractivity contribution in [2.75, 3.05) is 62.5 Å². The number of H-pyrrole nitrogens is 1. The smallest absolute Gasteiger partial charge is 0.348 e. The molecule has 13 heteroatoms. The topological polar surface area (TPSA) is 108 Å². The van der Waals surface area contributed by atoms with Gasteiger partial charge in [-0.15, -0.1) is 0 Å². The van der Waals surface area contributed by atoms with E-state index in [0.717, 1.165) is 30.5 Å². The Hall–Kier alpha value is -4.36. The molecular formula is C29H33F3N8O2. The van der Waals surface area contributed by atoms with Crippen LogP contribution >= 0.6 is 0 Å². The first-order chi connectivity index (χ1) is 20.0. The highest BCUT2D eigenvalue weighted by Gasteiger charge is 2.34. The van der Waals surface area contributed by atoms with E-state index < -0.39 is 23.7 Å². The number of halogens is 3. The molecule has 1 saturated heterocycles. The number of carbonyl (C=O) groups is 2. The minimum atomic E-state index is -4.57. The van der Waals surface area contributed by atoms with Crippen molar-refractivity contribution in [2.45, 2.75) is 19.6 Å². The summed E-state index contributed by atoms with van der Waals surface area (Å²) in [5, 5.41) is 8.58. The number of aryl methyl sites for hydroxylation is 1. The molecule has 0 saturated carbocycles. The van der Waals surface area contributed by atoms with Gasteiger partial charge < -0.3 is 25.8 Å². The van der Waals surface area contributed by atoms with E-state index in [9.17, 15) is 22.8 Å². The summed E-state index contributed by atoms with van der Waals surface area (Å²) in [6.07, 6.45) is -2.80. The Morgan fingerprint density at radius 2 is 1.83 bits per heavy atom. The number of aromatic nitrogens is 1. The van der Waals surface area contributed by atoms with Gasteiger partial charge in [0.1, 0.15) is 18.3 Å². The molecule has 2 aliphatic heterocycles. The van der Waals surface area contributed by atoms with Gasteiger partial charge >= 0.3 is 12.2 Å². The first kappa shape index (κ1) is 29.1. The van der Waals surface area contributed by atoms with Crippen molar-refractivity contribution in [3.8, 4) is 0 Å². The van der Waals surface area contributed by atoms with Gasteiger partial charge in [0.15, 0.2) is 0 Å². The van der Waals surface area contributed by atoms with Crippen molar-refractivity contribution in [2.24, 2.45) is 4.99 Å². The monoisotopic (exact) mass is 582 g/mol. The van der Waals surface area contributed by atoms with E-state index in [1.54, 1.807) is 32.3 Å². The van der Waals surface area contributed by atoms with Crippen molar-refractivity contribution >= 4 is 35.0 Å². The molecule has 0 atom stereocenters. The second kappa shape index (κ2) is 11.9. The van der Waals surface area contributed by atoms with Crippen LogP contribution in [0.1, 0.15) is 32.6 Å². The number of fused-ring (bicyclic) bond motifs is 1.